The van der Waals surface area contributed by atoms with Crippen LogP contribution in [0.15, 0.2) is 12.1 Å². The Morgan fingerprint density at radius 3 is 3.07 bits per heavy atom. The molecule has 0 radical (unpaired) electrons. The van der Waals surface area contributed by atoms with Crippen LogP contribution in [0, 0.1) is 12.8 Å². The van der Waals surface area contributed by atoms with Gasteiger partial charge in [0.1, 0.15) is 5.82 Å². The Morgan fingerprint density at radius 2 is 2.36 bits per heavy atom. The van der Waals surface area contributed by atoms with E-state index in [9.17, 15) is 0 Å². The second-order valence-electron chi connectivity index (χ2n) is 4.07. The van der Waals surface area contributed by atoms with Crippen LogP contribution in [0.3, 0.4) is 0 Å². The maximum absolute atomic E-state index is 9.14. The zero-order valence-electron chi connectivity index (χ0n) is 8.70. The molecule has 2 rings (SSSR count). The molecule has 0 aliphatic carbocycles. The van der Waals surface area contributed by atoms with Crippen molar-refractivity contribution in [2.75, 3.05) is 25.1 Å². The van der Waals surface area contributed by atoms with E-state index in [1.165, 1.54) is 5.56 Å². The Kier molecular flexibility index (Phi) is 2.42. The second kappa shape index (κ2) is 3.58. The van der Waals surface area contributed by atoms with Crippen LogP contribution in [0.5, 0.6) is 0 Å². The summed E-state index contributed by atoms with van der Waals surface area (Å²) < 4.78 is 0. The Balaban J connectivity index is 2.35. The Hall–Kier alpha value is -1.09. The van der Waals surface area contributed by atoms with Gasteiger partial charge in [0.05, 0.1) is 0 Å². The summed E-state index contributed by atoms with van der Waals surface area (Å²) >= 11 is 0. The molecule has 1 unspecified atom stereocenters. The van der Waals surface area contributed by atoms with E-state index in [1.807, 2.05) is 20.0 Å². The van der Waals surface area contributed by atoms with Crippen molar-refractivity contribution in [1.29, 1.82) is 0 Å². The molecular formula is C11H16N2O. The third-order valence-corrected chi connectivity index (χ3v) is 2.76. The van der Waals surface area contributed by atoms with Crippen LogP contribution in [-0.2, 0) is 6.42 Å². The van der Waals surface area contributed by atoms with Crippen LogP contribution in [0.2, 0.25) is 0 Å². The van der Waals surface area contributed by atoms with E-state index in [0.717, 1.165) is 24.5 Å². The van der Waals surface area contributed by atoms with Gasteiger partial charge in [-0.25, -0.2) is 4.98 Å². The fraction of sp³-hybridized carbons (Fsp3) is 0.545. The molecule has 2 heterocycles. The summed E-state index contributed by atoms with van der Waals surface area (Å²) in [4.78, 5) is 6.64. The maximum atomic E-state index is 9.14. The quantitative estimate of drug-likeness (QED) is 0.721. The normalized spacial score (nSPS) is 20.8. The minimum Gasteiger partial charge on any atom is -0.396 e. The summed E-state index contributed by atoms with van der Waals surface area (Å²) in [6.45, 7) is 3.17. The number of hydrogen-bond acceptors (Lipinski definition) is 3. The molecule has 0 saturated heterocycles. The fourth-order valence-electron chi connectivity index (χ4n) is 2.03. The first-order valence-electron chi connectivity index (χ1n) is 4.99. The van der Waals surface area contributed by atoms with E-state index < -0.39 is 0 Å². The van der Waals surface area contributed by atoms with Crippen molar-refractivity contribution in [2.45, 2.75) is 13.3 Å². The molecule has 0 spiro atoms. The standard InChI is InChI=1S/C11H16N2O/c1-8-3-4-10-5-9(7-14)6-13(2)11(10)12-8/h3-4,9,14H,5-7H2,1-2H3. The van der Waals surface area contributed by atoms with Crippen molar-refractivity contribution < 1.29 is 5.11 Å². The van der Waals surface area contributed by atoms with E-state index >= 15 is 0 Å². The number of rotatable bonds is 1. The fourth-order valence-corrected chi connectivity index (χ4v) is 2.03. The van der Waals surface area contributed by atoms with Crippen LogP contribution in [0.25, 0.3) is 0 Å². The molecule has 3 heteroatoms. The summed E-state index contributed by atoms with van der Waals surface area (Å²) in [6.07, 6.45) is 0.948. The minimum absolute atomic E-state index is 0.262. The molecule has 0 amide bonds. The molecule has 1 N–H and O–H groups in total. The SMILES string of the molecule is Cc1ccc2c(n1)N(C)CC(CO)C2. The minimum atomic E-state index is 0.262. The Morgan fingerprint density at radius 1 is 1.57 bits per heavy atom. The predicted molar refractivity (Wildman–Crippen MR) is 56.5 cm³/mol. The Labute approximate surface area is 84.4 Å². The van der Waals surface area contributed by atoms with Gasteiger partial charge >= 0.3 is 0 Å². The molecule has 0 bridgehead atoms. The van der Waals surface area contributed by atoms with E-state index in [1.54, 1.807) is 0 Å². The van der Waals surface area contributed by atoms with Gasteiger partial charge in [-0.3, -0.25) is 0 Å². The Bertz CT molecular complexity index is 338. The van der Waals surface area contributed by atoms with Crippen molar-refractivity contribution in [3.8, 4) is 0 Å². The number of aliphatic hydroxyl groups excluding tert-OH is 1. The number of fused-ring (bicyclic) bond motifs is 1. The van der Waals surface area contributed by atoms with Crippen LogP contribution >= 0.6 is 0 Å². The number of anilines is 1. The highest BCUT2D eigenvalue weighted by Crippen LogP contribution is 2.26. The maximum Gasteiger partial charge on any atom is 0.131 e. The van der Waals surface area contributed by atoms with Crippen LogP contribution in [-0.4, -0.2) is 30.3 Å². The third kappa shape index (κ3) is 1.60. The van der Waals surface area contributed by atoms with E-state index in [2.05, 4.69) is 16.0 Å². The van der Waals surface area contributed by atoms with Gasteiger partial charge in [0, 0.05) is 31.8 Å². The first kappa shape index (κ1) is 9.46. The lowest BCUT2D eigenvalue weighted by Gasteiger charge is -2.31. The number of aryl methyl sites for hydroxylation is 1. The largest absolute Gasteiger partial charge is 0.396 e. The first-order valence-corrected chi connectivity index (χ1v) is 4.99. The molecule has 1 aromatic rings. The molecule has 14 heavy (non-hydrogen) atoms. The van der Waals surface area contributed by atoms with Gasteiger partial charge in [0.15, 0.2) is 0 Å². The summed E-state index contributed by atoms with van der Waals surface area (Å²) in [6, 6.07) is 4.16. The molecule has 76 valence electrons. The molecule has 1 aromatic heterocycles. The average molecular weight is 192 g/mol. The highest BCUT2D eigenvalue weighted by molar-refractivity contribution is 5.49. The zero-order valence-corrected chi connectivity index (χ0v) is 8.70. The van der Waals surface area contributed by atoms with Gasteiger partial charge in [-0.15, -0.1) is 0 Å². The van der Waals surface area contributed by atoms with Gasteiger partial charge in [0.2, 0.25) is 0 Å². The summed E-state index contributed by atoms with van der Waals surface area (Å²) in [5.41, 5.74) is 2.31. The van der Waals surface area contributed by atoms with Crippen LogP contribution < -0.4 is 4.90 Å². The number of nitrogens with zero attached hydrogens (tertiary/aromatic N) is 2. The van der Waals surface area contributed by atoms with E-state index in [-0.39, 0.29) is 6.61 Å². The van der Waals surface area contributed by atoms with Gasteiger partial charge in [-0.2, -0.15) is 0 Å². The summed E-state index contributed by atoms with van der Waals surface area (Å²) in [7, 11) is 2.03. The van der Waals surface area contributed by atoms with Crippen LogP contribution in [0.1, 0.15) is 11.3 Å². The van der Waals surface area contributed by atoms with Gasteiger partial charge in [-0.05, 0) is 25.0 Å². The van der Waals surface area contributed by atoms with Crippen molar-refractivity contribution in [2.24, 2.45) is 5.92 Å². The number of aliphatic hydroxyl groups is 1. The smallest absolute Gasteiger partial charge is 0.131 e. The number of pyridine rings is 1. The molecule has 0 saturated carbocycles. The molecule has 3 nitrogen and oxygen atoms in total. The monoisotopic (exact) mass is 192 g/mol. The van der Waals surface area contributed by atoms with E-state index in [0.29, 0.717) is 5.92 Å². The topological polar surface area (TPSA) is 36.4 Å². The van der Waals surface area contributed by atoms with Gasteiger partial charge in [-0.1, -0.05) is 6.07 Å². The molecule has 1 aliphatic rings. The van der Waals surface area contributed by atoms with Crippen molar-refractivity contribution in [1.82, 2.24) is 4.98 Å². The highest BCUT2D eigenvalue weighted by atomic mass is 16.3. The van der Waals surface area contributed by atoms with Crippen molar-refractivity contribution >= 4 is 5.82 Å². The van der Waals surface area contributed by atoms with Crippen molar-refractivity contribution in [3.63, 3.8) is 0 Å². The predicted octanol–water partition coefficient (Wildman–Crippen LogP) is 0.991. The lowest BCUT2D eigenvalue weighted by Crippen LogP contribution is -2.34. The number of hydrogen-bond donors (Lipinski definition) is 1. The van der Waals surface area contributed by atoms with Gasteiger partial charge in [0.25, 0.3) is 0 Å². The second-order valence-corrected chi connectivity index (χ2v) is 4.07. The molecule has 0 aromatic carbocycles. The highest BCUT2D eigenvalue weighted by Gasteiger charge is 2.22. The molecule has 1 aliphatic heterocycles. The molecule has 0 fully saturated rings. The molecular weight excluding hydrogens is 176 g/mol. The summed E-state index contributed by atoms with van der Waals surface area (Å²) in [5.74, 6) is 1.44. The first-order chi connectivity index (χ1) is 6.70. The average Bonchev–Trinajstić information content (AvgIpc) is 2.19. The lowest BCUT2D eigenvalue weighted by atomic mass is 9.95. The van der Waals surface area contributed by atoms with Crippen molar-refractivity contribution in [3.05, 3.63) is 23.4 Å². The van der Waals surface area contributed by atoms with Gasteiger partial charge < -0.3 is 10.0 Å². The number of aromatic nitrogens is 1. The summed E-state index contributed by atoms with van der Waals surface area (Å²) in [5, 5.41) is 9.14. The van der Waals surface area contributed by atoms with E-state index in [4.69, 9.17) is 5.11 Å². The lowest BCUT2D eigenvalue weighted by molar-refractivity contribution is 0.225. The third-order valence-electron chi connectivity index (χ3n) is 2.76. The zero-order chi connectivity index (χ0) is 10.1. The van der Waals surface area contributed by atoms with Crippen LogP contribution in [0.4, 0.5) is 5.82 Å². The molecule has 1 atom stereocenters.